The number of amides is 1. The fraction of sp³-hybridized carbons (Fsp3) is 0.500. The highest BCUT2D eigenvalue weighted by atomic mass is 16.3. The number of β-amino-alcohol motifs (C(OH)–C–C–N with tert-alkyl or cyclic N) is 1. The van der Waals surface area contributed by atoms with Gasteiger partial charge >= 0.3 is 0 Å². The first-order valence-electron chi connectivity index (χ1n) is 8.69. The molecular formula is C18H25N5O2. The van der Waals surface area contributed by atoms with Crippen molar-refractivity contribution < 1.29 is 9.90 Å². The van der Waals surface area contributed by atoms with Crippen LogP contribution in [0.2, 0.25) is 0 Å². The molecule has 134 valence electrons. The Labute approximate surface area is 147 Å². The van der Waals surface area contributed by atoms with Crippen LogP contribution in [0.4, 0.5) is 5.82 Å². The van der Waals surface area contributed by atoms with E-state index in [1.54, 1.807) is 23.1 Å². The molecule has 7 heteroatoms. The van der Waals surface area contributed by atoms with Gasteiger partial charge in [0.1, 0.15) is 11.5 Å². The molecule has 0 saturated carbocycles. The molecule has 0 bridgehead atoms. The number of hydrogen-bond acceptors (Lipinski definition) is 5. The quantitative estimate of drug-likeness (QED) is 0.862. The predicted octanol–water partition coefficient (Wildman–Crippen LogP) is 1.62. The van der Waals surface area contributed by atoms with Crippen LogP contribution in [0.3, 0.4) is 0 Å². The van der Waals surface area contributed by atoms with Gasteiger partial charge in [0, 0.05) is 38.1 Å². The molecule has 0 aromatic carbocycles. The first kappa shape index (κ1) is 17.4. The van der Waals surface area contributed by atoms with E-state index < -0.39 is 5.60 Å². The van der Waals surface area contributed by atoms with Gasteiger partial charge in [-0.15, -0.1) is 0 Å². The van der Waals surface area contributed by atoms with Crippen molar-refractivity contribution >= 4 is 11.7 Å². The molecule has 2 aromatic heterocycles. The second-order valence-corrected chi connectivity index (χ2v) is 6.87. The molecule has 25 heavy (non-hydrogen) atoms. The molecule has 0 radical (unpaired) electrons. The summed E-state index contributed by atoms with van der Waals surface area (Å²) in [6.07, 6.45) is 4.87. The summed E-state index contributed by atoms with van der Waals surface area (Å²) in [6.45, 7) is 5.46. The Morgan fingerprint density at radius 2 is 2.20 bits per heavy atom. The largest absolute Gasteiger partial charge is 0.386 e. The zero-order chi connectivity index (χ0) is 17.9. The Morgan fingerprint density at radius 3 is 2.92 bits per heavy atom. The number of hydrogen-bond donors (Lipinski definition) is 2. The number of carbonyl (C=O) groups excluding carboxylic acids is 1. The summed E-state index contributed by atoms with van der Waals surface area (Å²) < 4.78 is 1.68. The molecular weight excluding hydrogens is 318 g/mol. The Bertz CT molecular complexity index is 715. The lowest BCUT2D eigenvalue weighted by Gasteiger charge is -2.39. The van der Waals surface area contributed by atoms with Crippen molar-refractivity contribution in [1.82, 2.24) is 20.1 Å². The Morgan fingerprint density at radius 1 is 1.36 bits per heavy atom. The van der Waals surface area contributed by atoms with Crippen molar-refractivity contribution in [1.29, 1.82) is 0 Å². The number of aromatic nitrogens is 3. The van der Waals surface area contributed by atoms with Crippen LogP contribution >= 0.6 is 0 Å². The summed E-state index contributed by atoms with van der Waals surface area (Å²) in [5.41, 5.74) is -0.454. The minimum atomic E-state index is -0.964. The van der Waals surface area contributed by atoms with Gasteiger partial charge in [-0.2, -0.15) is 5.10 Å². The van der Waals surface area contributed by atoms with Gasteiger partial charge in [0.15, 0.2) is 0 Å². The van der Waals surface area contributed by atoms with Crippen LogP contribution in [0.15, 0.2) is 36.7 Å². The van der Waals surface area contributed by atoms with Gasteiger partial charge in [0.2, 0.25) is 0 Å². The number of nitrogens with one attached hydrogen (secondary N) is 1. The van der Waals surface area contributed by atoms with Gasteiger partial charge in [-0.3, -0.25) is 9.48 Å². The van der Waals surface area contributed by atoms with Gasteiger partial charge in [-0.1, -0.05) is 6.07 Å². The molecule has 1 aliphatic rings. The average Bonchev–Trinajstić information content (AvgIpc) is 3.11. The fourth-order valence-electron chi connectivity index (χ4n) is 3.23. The third-order valence-corrected chi connectivity index (χ3v) is 4.50. The number of nitrogens with zero attached hydrogens (tertiary/aromatic N) is 4. The van der Waals surface area contributed by atoms with E-state index >= 15 is 0 Å². The number of pyridine rings is 1. The lowest BCUT2D eigenvalue weighted by Crippen LogP contribution is -2.54. The number of anilines is 1. The summed E-state index contributed by atoms with van der Waals surface area (Å²) in [5.74, 6) is 0.638. The lowest BCUT2D eigenvalue weighted by molar-refractivity contribution is 0.0253. The van der Waals surface area contributed by atoms with Crippen LogP contribution in [0, 0.1) is 0 Å². The van der Waals surface area contributed by atoms with Crippen molar-refractivity contribution in [2.45, 2.75) is 38.3 Å². The van der Waals surface area contributed by atoms with E-state index in [9.17, 15) is 9.90 Å². The zero-order valence-electron chi connectivity index (χ0n) is 14.7. The van der Waals surface area contributed by atoms with E-state index in [2.05, 4.69) is 20.3 Å². The monoisotopic (exact) mass is 343 g/mol. The van der Waals surface area contributed by atoms with E-state index in [1.807, 2.05) is 32.0 Å². The fourth-order valence-corrected chi connectivity index (χ4v) is 3.23. The molecule has 1 aliphatic heterocycles. The minimum Gasteiger partial charge on any atom is -0.386 e. The summed E-state index contributed by atoms with van der Waals surface area (Å²) >= 11 is 0. The van der Waals surface area contributed by atoms with Gasteiger partial charge in [0.25, 0.3) is 5.91 Å². The highest BCUT2D eigenvalue weighted by Crippen LogP contribution is 2.24. The molecule has 1 fully saturated rings. The van der Waals surface area contributed by atoms with Crippen LogP contribution < -0.4 is 10.2 Å². The molecule has 0 aliphatic carbocycles. The average molecular weight is 343 g/mol. The summed E-state index contributed by atoms with van der Waals surface area (Å²) in [4.78, 5) is 18.9. The molecule has 1 saturated heterocycles. The number of aliphatic hydroxyl groups is 1. The third kappa shape index (κ3) is 3.99. The normalized spacial score (nSPS) is 20.7. The molecule has 0 unspecified atom stereocenters. The Kier molecular flexibility index (Phi) is 5.03. The number of rotatable bonds is 5. The first-order chi connectivity index (χ1) is 12.0. The second kappa shape index (κ2) is 7.23. The highest BCUT2D eigenvalue weighted by Gasteiger charge is 2.34. The Hall–Kier alpha value is -2.41. The van der Waals surface area contributed by atoms with Crippen molar-refractivity contribution in [3.8, 4) is 0 Å². The predicted molar refractivity (Wildman–Crippen MR) is 95.6 cm³/mol. The van der Waals surface area contributed by atoms with Gasteiger partial charge in [-0.05, 0) is 44.9 Å². The molecule has 1 amide bonds. The number of carbonyl (C=O) groups is 1. The van der Waals surface area contributed by atoms with Gasteiger partial charge < -0.3 is 15.3 Å². The smallest absolute Gasteiger partial charge is 0.269 e. The zero-order valence-corrected chi connectivity index (χ0v) is 14.7. The van der Waals surface area contributed by atoms with Gasteiger partial charge in [-0.25, -0.2) is 4.98 Å². The molecule has 0 spiro atoms. The van der Waals surface area contributed by atoms with E-state index in [0.29, 0.717) is 18.7 Å². The SMILES string of the molecule is CC(C)n1nccc1C(=O)NC[C@@]1(O)CCCN(c2ccccn2)C1. The summed E-state index contributed by atoms with van der Waals surface area (Å²) in [5, 5.41) is 18.0. The molecule has 3 rings (SSSR count). The maximum Gasteiger partial charge on any atom is 0.269 e. The van der Waals surface area contributed by atoms with Crippen molar-refractivity contribution in [2.24, 2.45) is 0 Å². The molecule has 7 nitrogen and oxygen atoms in total. The molecule has 1 atom stereocenters. The standard InChI is InChI=1S/C18H25N5O2/c1-14(2)23-15(7-10-21-23)17(24)20-12-18(25)8-5-11-22(13-18)16-6-3-4-9-19-16/h3-4,6-7,9-10,14,25H,5,8,11-13H2,1-2H3,(H,20,24)/t18-/m0/s1. The van der Waals surface area contributed by atoms with E-state index in [1.165, 1.54) is 0 Å². The van der Waals surface area contributed by atoms with Crippen molar-refractivity contribution in [3.63, 3.8) is 0 Å². The maximum absolute atomic E-state index is 12.5. The van der Waals surface area contributed by atoms with Crippen LogP contribution in [-0.4, -0.2) is 51.0 Å². The highest BCUT2D eigenvalue weighted by molar-refractivity contribution is 5.92. The van der Waals surface area contributed by atoms with Crippen molar-refractivity contribution in [3.05, 3.63) is 42.4 Å². The Balaban J connectivity index is 1.63. The van der Waals surface area contributed by atoms with E-state index in [0.717, 1.165) is 18.8 Å². The van der Waals surface area contributed by atoms with Crippen LogP contribution in [0.25, 0.3) is 0 Å². The summed E-state index contributed by atoms with van der Waals surface area (Å²) in [6, 6.07) is 7.54. The van der Waals surface area contributed by atoms with E-state index in [4.69, 9.17) is 0 Å². The number of piperidine rings is 1. The molecule has 2 N–H and O–H groups in total. The molecule has 2 aromatic rings. The topological polar surface area (TPSA) is 83.3 Å². The minimum absolute atomic E-state index is 0.105. The maximum atomic E-state index is 12.5. The van der Waals surface area contributed by atoms with Crippen molar-refractivity contribution in [2.75, 3.05) is 24.5 Å². The lowest BCUT2D eigenvalue weighted by atomic mass is 9.92. The first-order valence-corrected chi connectivity index (χ1v) is 8.69. The van der Waals surface area contributed by atoms with Crippen LogP contribution in [-0.2, 0) is 0 Å². The third-order valence-electron chi connectivity index (χ3n) is 4.50. The van der Waals surface area contributed by atoms with E-state index in [-0.39, 0.29) is 18.5 Å². The van der Waals surface area contributed by atoms with Gasteiger partial charge in [0.05, 0.1) is 5.60 Å². The summed E-state index contributed by atoms with van der Waals surface area (Å²) in [7, 11) is 0. The molecule has 3 heterocycles. The van der Waals surface area contributed by atoms with Crippen LogP contribution in [0.5, 0.6) is 0 Å². The van der Waals surface area contributed by atoms with Crippen LogP contribution in [0.1, 0.15) is 43.2 Å². The second-order valence-electron chi connectivity index (χ2n) is 6.87.